The summed E-state index contributed by atoms with van der Waals surface area (Å²) in [5.74, 6) is -0.817. The fraction of sp³-hybridized carbons (Fsp3) is 0.625. The first-order valence-corrected chi connectivity index (χ1v) is 9.96. The Morgan fingerprint density at radius 3 is 2.19 bits per heavy atom. The minimum atomic E-state index is -5.04. The van der Waals surface area contributed by atoms with Crippen LogP contribution in [0.5, 0.6) is 5.75 Å². The molecule has 1 aromatic rings. The molecule has 6 nitrogen and oxygen atoms in total. The van der Waals surface area contributed by atoms with E-state index in [1.54, 1.807) is 27.7 Å². The lowest BCUT2D eigenvalue weighted by Crippen LogP contribution is -2.41. The van der Waals surface area contributed by atoms with Gasteiger partial charge in [-0.1, -0.05) is 6.07 Å². The summed E-state index contributed by atoms with van der Waals surface area (Å²) in [7, 11) is -5.09. The zero-order valence-corrected chi connectivity index (χ0v) is 16.2. The molecule has 1 N–H and O–H groups in total. The lowest BCUT2D eigenvalue weighted by molar-refractivity contribution is -0.275. The summed E-state index contributed by atoms with van der Waals surface area (Å²) in [6.45, 7) is 7.22. The van der Waals surface area contributed by atoms with Gasteiger partial charge in [0.1, 0.15) is 10.6 Å². The molecule has 0 atom stereocenters. The van der Waals surface area contributed by atoms with Crippen molar-refractivity contribution in [1.82, 2.24) is 4.72 Å². The van der Waals surface area contributed by atoms with Gasteiger partial charge < -0.3 is 14.0 Å². The second-order valence-corrected chi connectivity index (χ2v) is 9.42. The van der Waals surface area contributed by atoms with Gasteiger partial charge in [0.2, 0.25) is 10.0 Å². The Morgan fingerprint density at radius 1 is 1.15 bits per heavy atom. The fourth-order valence-electron chi connectivity index (χ4n) is 2.56. The molecule has 1 saturated carbocycles. The molecule has 0 amide bonds. The van der Waals surface area contributed by atoms with Crippen molar-refractivity contribution in [2.75, 3.05) is 0 Å². The van der Waals surface area contributed by atoms with Crippen LogP contribution in [0.3, 0.4) is 0 Å². The maximum absolute atomic E-state index is 12.8. The maximum atomic E-state index is 12.8. The van der Waals surface area contributed by atoms with Gasteiger partial charge >= 0.3 is 13.5 Å². The first kappa shape index (κ1) is 20.4. The first-order valence-electron chi connectivity index (χ1n) is 8.48. The number of benzene rings is 1. The Labute approximate surface area is 156 Å². The molecule has 0 unspecified atom stereocenters. The second-order valence-electron chi connectivity index (χ2n) is 7.74. The molecule has 0 aromatic heterocycles. The van der Waals surface area contributed by atoms with Gasteiger partial charge in [0.25, 0.3) is 0 Å². The van der Waals surface area contributed by atoms with E-state index in [1.165, 1.54) is 6.07 Å². The zero-order valence-electron chi connectivity index (χ0n) is 15.4. The van der Waals surface area contributed by atoms with Crippen molar-refractivity contribution in [2.45, 2.75) is 69.0 Å². The molecule has 0 radical (unpaired) electrons. The number of hydrogen-bond donors (Lipinski definition) is 1. The lowest BCUT2D eigenvalue weighted by Gasteiger charge is -2.32. The normalized spacial score (nSPS) is 22.1. The third-order valence-electron chi connectivity index (χ3n) is 4.91. The van der Waals surface area contributed by atoms with Gasteiger partial charge in [0, 0.05) is 6.04 Å². The third-order valence-corrected chi connectivity index (χ3v) is 6.47. The van der Waals surface area contributed by atoms with E-state index in [0.717, 1.165) is 12.1 Å². The van der Waals surface area contributed by atoms with E-state index < -0.39 is 45.4 Å². The Morgan fingerprint density at radius 2 is 1.70 bits per heavy atom. The topological polar surface area (TPSA) is 73.9 Å². The molecule has 1 aliphatic carbocycles. The molecule has 3 rings (SSSR count). The Balaban J connectivity index is 1.97. The Bertz CT molecular complexity index is 821. The van der Waals surface area contributed by atoms with Crippen LogP contribution < -0.4 is 14.9 Å². The number of hydrogen-bond acceptors (Lipinski definition) is 5. The van der Waals surface area contributed by atoms with Crippen molar-refractivity contribution in [2.24, 2.45) is 0 Å². The molecule has 150 valence electrons. The van der Waals surface area contributed by atoms with Gasteiger partial charge in [-0.3, -0.25) is 0 Å². The zero-order chi connectivity index (χ0) is 20.3. The van der Waals surface area contributed by atoms with Crippen molar-refractivity contribution in [3.8, 4) is 5.75 Å². The highest BCUT2D eigenvalue weighted by Gasteiger charge is 2.52. The summed E-state index contributed by atoms with van der Waals surface area (Å²) in [4.78, 5) is -0.577. The number of sulfonamides is 1. The van der Waals surface area contributed by atoms with Crippen LogP contribution in [0.2, 0.25) is 0 Å². The van der Waals surface area contributed by atoms with E-state index in [1.807, 2.05) is 0 Å². The van der Waals surface area contributed by atoms with Crippen molar-refractivity contribution >= 4 is 22.6 Å². The molecule has 2 fully saturated rings. The molecule has 2 aliphatic rings. The third kappa shape index (κ3) is 4.42. The highest BCUT2D eigenvalue weighted by molar-refractivity contribution is 7.89. The van der Waals surface area contributed by atoms with Crippen molar-refractivity contribution in [1.29, 1.82) is 0 Å². The maximum Gasteiger partial charge on any atom is 0.573 e. The van der Waals surface area contributed by atoms with Crippen LogP contribution in [0.25, 0.3) is 0 Å². The van der Waals surface area contributed by atoms with Gasteiger partial charge in [-0.15, -0.1) is 13.2 Å². The average molecular weight is 407 g/mol. The van der Waals surface area contributed by atoms with E-state index >= 15 is 0 Å². The predicted octanol–water partition coefficient (Wildman–Crippen LogP) is 2.33. The molecule has 0 bridgehead atoms. The van der Waals surface area contributed by atoms with Crippen LogP contribution in [0.4, 0.5) is 13.2 Å². The Kier molecular flexibility index (Phi) is 4.82. The fourth-order valence-corrected chi connectivity index (χ4v) is 3.98. The highest BCUT2D eigenvalue weighted by atomic mass is 32.2. The van der Waals surface area contributed by atoms with E-state index in [4.69, 9.17) is 9.31 Å². The van der Waals surface area contributed by atoms with Crippen LogP contribution >= 0.6 is 0 Å². The number of halogens is 3. The average Bonchev–Trinajstić information content (AvgIpc) is 3.23. The summed E-state index contributed by atoms with van der Waals surface area (Å²) >= 11 is 0. The van der Waals surface area contributed by atoms with E-state index in [-0.39, 0.29) is 11.5 Å². The number of ether oxygens (including phenoxy) is 1. The number of alkyl halides is 3. The quantitative estimate of drug-likeness (QED) is 0.759. The van der Waals surface area contributed by atoms with Crippen LogP contribution in [0.15, 0.2) is 23.1 Å². The van der Waals surface area contributed by atoms with Crippen molar-refractivity contribution < 1.29 is 35.6 Å². The van der Waals surface area contributed by atoms with Crippen LogP contribution in [0, 0.1) is 0 Å². The summed E-state index contributed by atoms with van der Waals surface area (Å²) in [5, 5.41) is 0. The molecule has 1 aromatic carbocycles. The largest absolute Gasteiger partial charge is 0.573 e. The van der Waals surface area contributed by atoms with Crippen molar-refractivity contribution in [3.63, 3.8) is 0 Å². The van der Waals surface area contributed by atoms with Gasteiger partial charge in [-0.05, 0) is 58.1 Å². The van der Waals surface area contributed by atoms with Gasteiger partial charge in [-0.25, -0.2) is 13.1 Å². The van der Waals surface area contributed by atoms with Crippen LogP contribution in [-0.4, -0.2) is 39.1 Å². The predicted molar refractivity (Wildman–Crippen MR) is 92.2 cm³/mol. The molecule has 1 aliphatic heterocycles. The molecule has 1 heterocycles. The Hall–Kier alpha value is -1.30. The summed E-state index contributed by atoms with van der Waals surface area (Å²) < 4.78 is 81.3. The number of nitrogens with one attached hydrogen (secondary N) is 1. The van der Waals surface area contributed by atoms with Crippen LogP contribution in [-0.2, 0) is 19.3 Å². The van der Waals surface area contributed by atoms with Gasteiger partial charge in [0.15, 0.2) is 0 Å². The van der Waals surface area contributed by atoms with E-state index in [9.17, 15) is 21.6 Å². The standard InChI is InChI=1S/C16H21BF3NO5S/c1-14(2)15(3,4)26-17(25-14)10-5-8-13(12(9-10)24-16(18,19)20)27(22,23)21-11-6-7-11/h5,8-9,11,21H,6-7H2,1-4H3. The molecular formula is C16H21BF3NO5S. The van der Waals surface area contributed by atoms with Crippen molar-refractivity contribution in [3.05, 3.63) is 18.2 Å². The smallest absolute Gasteiger partial charge is 0.404 e. The van der Waals surface area contributed by atoms with Gasteiger partial charge in [-0.2, -0.15) is 0 Å². The first-order chi connectivity index (χ1) is 12.2. The summed E-state index contributed by atoms with van der Waals surface area (Å²) in [6, 6.07) is 3.19. The lowest BCUT2D eigenvalue weighted by atomic mass is 9.79. The number of rotatable bonds is 5. The van der Waals surface area contributed by atoms with E-state index in [2.05, 4.69) is 9.46 Å². The summed E-state index contributed by atoms with van der Waals surface area (Å²) in [6.07, 6.45) is -3.74. The molecule has 27 heavy (non-hydrogen) atoms. The van der Waals surface area contributed by atoms with E-state index in [0.29, 0.717) is 12.8 Å². The molecule has 11 heteroatoms. The van der Waals surface area contributed by atoms with Gasteiger partial charge in [0.05, 0.1) is 11.2 Å². The van der Waals surface area contributed by atoms with Crippen LogP contribution in [0.1, 0.15) is 40.5 Å². The SMILES string of the molecule is CC1(C)OB(c2ccc(S(=O)(=O)NC3CC3)c(OC(F)(F)F)c2)OC1(C)C. The molecular weight excluding hydrogens is 386 g/mol. The monoisotopic (exact) mass is 407 g/mol. The summed E-state index contributed by atoms with van der Waals surface area (Å²) in [5.41, 5.74) is -1.15. The minimum absolute atomic E-state index is 0.235. The highest BCUT2D eigenvalue weighted by Crippen LogP contribution is 2.37. The second kappa shape index (κ2) is 6.36. The molecule has 1 saturated heterocycles. The molecule has 0 spiro atoms. The minimum Gasteiger partial charge on any atom is -0.404 e.